The minimum Gasteiger partial charge on any atom is -0.467 e. The van der Waals surface area contributed by atoms with Gasteiger partial charge in [0.05, 0.1) is 12.8 Å². The van der Waals surface area contributed by atoms with Crippen LogP contribution in [0, 0.1) is 0 Å². The van der Waals surface area contributed by atoms with E-state index >= 15 is 0 Å². The Morgan fingerprint density at radius 1 is 0.957 bits per heavy atom. The van der Waals surface area contributed by atoms with Gasteiger partial charge in [0.25, 0.3) is 5.91 Å². The first-order valence-electron chi connectivity index (χ1n) is 7.64. The van der Waals surface area contributed by atoms with Crippen molar-refractivity contribution >= 4 is 5.91 Å². The number of hydrogen-bond acceptors (Lipinski definition) is 2. The third kappa shape index (κ3) is 3.69. The Balaban J connectivity index is 1.80. The average molecular weight is 305 g/mol. The van der Waals surface area contributed by atoms with Crippen molar-refractivity contribution < 1.29 is 9.21 Å². The normalized spacial score (nSPS) is 10.5. The second kappa shape index (κ2) is 6.97. The highest BCUT2D eigenvalue weighted by atomic mass is 16.3. The van der Waals surface area contributed by atoms with Crippen LogP contribution in [0.2, 0.25) is 0 Å². The lowest BCUT2D eigenvalue weighted by Crippen LogP contribution is -2.27. The fraction of sp³-hybridized carbons (Fsp3) is 0.150. The number of amides is 1. The van der Waals surface area contributed by atoms with Gasteiger partial charge in [0.15, 0.2) is 0 Å². The predicted molar refractivity (Wildman–Crippen MR) is 90.2 cm³/mol. The van der Waals surface area contributed by atoms with Crippen molar-refractivity contribution in [2.24, 2.45) is 0 Å². The first kappa shape index (κ1) is 15.1. The molecule has 0 N–H and O–H groups in total. The maximum absolute atomic E-state index is 12.8. The van der Waals surface area contributed by atoms with E-state index in [-0.39, 0.29) is 5.91 Å². The molecule has 0 bridgehead atoms. The van der Waals surface area contributed by atoms with E-state index in [1.165, 1.54) is 5.56 Å². The molecule has 0 saturated heterocycles. The third-order valence-corrected chi connectivity index (χ3v) is 3.80. The molecule has 2 aromatic carbocycles. The van der Waals surface area contributed by atoms with Crippen LogP contribution >= 0.6 is 0 Å². The molecule has 3 aromatic rings. The molecule has 0 fully saturated rings. The smallest absolute Gasteiger partial charge is 0.254 e. The van der Waals surface area contributed by atoms with E-state index in [4.69, 9.17) is 4.42 Å². The summed E-state index contributed by atoms with van der Waals surface area (Å²) >= 11 is 0. The first-order valence-corrected chi connectivity index (χ1v) is 7.64. The van der Waals surface area contributed by atoms with Crippen molar-refractivity contribution in [1.82, 2.24) is 4.90 Å². The second-order valence-corrected chi connectivity index (χ2v) is 5.56. The second-order valence-electron chi connectivity index (χ2n) is 5.56. The minimum absolute atomic E-state index is 0.00734. The SMILES string of the molecule is CN(Cc1ccco1)C(=O)c1ccccc1Cc1ccccc1. The quantitative estimate of drug-likeness (QED) is 0.709. The summed E-state index contributed by atoms with van der Waals surface area (Å²) in [7, 11) is 1.80. The van der Waals surface area contributed by atoms with E-state index in [0.29, 0.717) is 6.54 Å². The largest absolute Gasteiger partial charge is 0.467 e. The summed E-state index contributed by atoms with van der Waals surface area (Å²) in [5.41, 5.74) is 2.97. The molecule has 0 spiro atoms. The topological polar surface area (TPSA) is 33.5 Å². The number of rotatable bonds is 5. The highest BCUT2D eigenvalue weighted by Gasteiger charge is 2.16. The molecule has 0 atom stereocenters. The van der Waals surface area contributed by atoms with Crippen LogP contribution in [-0.4, -0.2) is 17.9 Å². The van der Waals surface area contributed by atoms with E-state index in [2.05, 4.69) is 12.1 Å². The molecule has 0 aliphatic carbocycles. The highest BCUT2D eigenvalue weighted by Crippen LogP contribution is 2.17. The van der Waals surface area contributed by atoms with Crippen LogP contribution in [0.1, 0.15) is 27.2 Å². The van der Waals surface area contributed by atoms with Crippen LogP contribution in [0.25, 0.3) is 0 Å². The zero-order chi connectivity index (χ0) is 16.1. The number of carbonyl (C=O) groups is 1. The lowest BCUT2D eigenvalue weighted by atomic mass is 9.99. The molecule has 0 unspecified atom stereocenters. The summed E-state index contributed by atoms with van der Waals surface area (Å²) in [5.74, 6) is 0.786. The Labute approximate surface area is 136 Å². The van der Waals surface area contributed by atoms with E-state index in [0.717, 1.165) is 23.3 Å². The van der Waals surface area contributed by atoms with Crippen molar-refractivity contribution in [2.75, 3.05) is 7.05 Å². The predicted octanol–water partition coefficient (Wildman–Crippen LogP) is 4.14. The monoisotopic (exact) mass is 305 g/mol. The van der Waals surface area contributed by atoms with Crippen LogP contribution in [-0.2, 0) is 13.0 Å². The molecular weight excluding hydrogens is 286 g/mol. The minimum atomic E-state index is 0.00734. The van der Waals surface area contributed by atoms with Gasteiger partial charge >= 0.3 is 0 Å². The number of benzene rings is 2. The van der Waals surface area contributed by atoms with Gasteiger partial charge in [0.2, 0.25) is 0 Å². The van der Waals surface area contributed by atoms with Gasteiger partial charge in [0, 0.05) is 12.6 Å². The van der Waals surface area contributed by atoms with Gasteiger partial charge in [-0.25, -0.2) is 0 Å². The average Bonchev–Trinajstić information content (AvgIpc) is 3.08. The molecule has 1 heterocycles. The summed E-state index contributed by atoms with van der Waals surface area (Å²) in [6.45, 7) is 0.464. The summed E-state index contributed by atoms with van der Waals surface area (Å²) in [6, 6.07) is 21.7. The number of hydrogen-bond donors (Lipinski definition) is 0. The van der Waals surface area contributed by atoms with Crippen molar-refractivity contribution in [1.29, 1.82) is 0 Å². The number of nitrogens with zero attached hydrogens (tertiary/aromatic N) is 1. The Morgan fingerprint density at radius 2 is 1.70 bits per heavy atom. The molecule has 1 aromatic heterocycles. The lowest BCUT2D eigenvalue weighted by molar-refractivity contribution is 0.0774. The molecule has 23 heavy (non-hydrogen) atoms. The lowest BCUT2D eigenvalue weighted by Gasteiger charge is -2.18. The third-order valence-electron chi connectivity index (χ3n) is 3.80. The molecule has 0 saturated carbocycles. The van der Waals surface area contributed by atoms with Gasteiger partial charge in [0.1, 0.15) is 5.76 Å². The van der Waals surface area contributed by atoms with E-state index in [9.17, 15) is 4.79 Å². The molecule has 3 heteroatoms. The molecule has 0 radical (unpaired) electrons. The zero-order valence-corrected chi connectivity index (χ0v) is 13.1. The van der Waals surface area contributed by atoms with Crippen LogP contribution in [0.4, 0.5) is 0 Å². The summed E-state index contributed by atoms with van der Waals surface area (Å²) in [6.07, 6.45) is 2.37. The molecule has 0 aliphatic heterocycles. The van der Waals surface area contributed by atoms with Crippen LogP contribution in [0.15, 0.2) is 77.4 Å². The summed E-state index contributed by atoms with van der Waals surface area (Å²) < 4.78 is 5.32. The molecule has 0 aliphatic rings. The van der Waals surface area contributed by atoms with Gasteiger partial charge in [-0.2, -0.15) is 0 Å². The number of furan rings is 1. The maximum Gasteiger partial charge on any atom is 0.254 e. The Bertz CT molecular complexity index is 763. The van der Waals surface area contributed by atoms with Gasteiger partial charge in [-0.15, -0.1) is 0 Å². The molecule has 3 rings (SSSR count). The first-order chi connectivity index (χ1) is 11.2. The van der Waals surface area contributed by atoms with Gasteiger partial charge in [-0.05, 0) is 35.7 Å². The van der Waals surface area contributed by atoms with Crippen molar-refractivity contribution in [3.8, 4) is 0 Å². The summed E-state index contributed by atoms with van der Waals surface area (Å²) in [4.78, 5) is 14.4. The van der Waals surface area contributed by atoms with Gasteiger partial charge in [-0.1, -0.05) is 48.5 Å². The Kier molecular flexibility index (Phi) is 4.57. The Morgan fingerprint density at radius 3 is 2.43 bits per heavy atom. The maximum atomic E-state index is 12.8. The van der Waals surface area contributed by atoms with Crippen molar-refractivity contribution in [2.45, 2.75) is 13.0 Å². The number of carbonyl (C=O) groups excluding carboxylic acids is 1. The summed E-state index contributed by atoms with van der Waals surface area (Å²) in [5, 5.41) is 0. The van der Waals surface area contributed by atoms with Crippen molar-refractivity contribution in [3.05, 3.63) is 95.4 Å². The highest BCUT2D eigenvalue weighted by molar-refractivity contribution is 5.95. The van der Waals surface area contributed by atoms with Gasteiger partial charge < -0.3 is 9.32 Å². The zero-order valence-electron chi connectivity index (χ0n) is 13.1. The molecular formula is C20H19NO2. The van der Waals surface area contributed by atoms with E-state index in [1.807, 2.05) is 54.6 Å². The molecule has 3 nitrogen and oxygen atoms in total. The fourth-order valence-electron chi connectivity index (χ4n) is 2.61. The fourth-order valence-corrected chi connectivity index (χ4v) is 2.61. The van der Waals surface area contributed by atoms with Crippen LogP contribution in [0.3, 0.4) is 0 Å². The van der Waals surface area contributed by atoms with Crippen molar-refractivity contribution in [3.63, 3.8) is 0 Å². The van der Waals surface area contributed by atoms with Crippen LogP contribution in [0.5, 0.6) is 0 Å². The molecule has 1 amide bonds. The van der Waals surface area contributed by atoms with E-state index in [1.54, 1.807) is 18.2 Å². The molecule has 116 valence electrons. The van der Waals surface area contributed by atoms with Crippen LogP contribution < -0.4 is 0 Å². The standard InChI is InChI=1S/C20H19NO2/c1-21(15-18-11-7-13-23-18)20(22)19-12-6-5-10-17(19)14-16-8-3-2-4-9-16/h2-13H,14-15H2,1H3. The van der Waals surface area contributed by atoms with E-state index < -0.39 is 0 Å². The Hall–Kier alpha value is -2.81. The van der Waals surface area contributed by atoms with Gasteiger partial charge in [-0.3, -0.25) is 4.79 Å².